The van der Waals surface area contributed by atoms with Crippen LogP contribution in [0.4, 0.5) is 5.69 Å². The number of nitrogen functional groups attached to an aromatic ring is 1. The van der Waals surface area contributed by atoms with Gasteiger partial charge in [-0.25, -0.2) is 0 Å². The van der Waals surface area contributed by atoms with Gasteiger partial charge in [-0.15, -0.1) is 0 Å². The molecule has 0 aliphatic carbocycles. The monoisotopic (exact) mass is 246 g/mol. The van der Waals surface area contributed by atoms with E-state index >= 15 is 0 Å². The molecule has 6 heteroatoms. The normalized spacial score (nSPS) is 9.92. The molecule has 0 amide bonds. The van der Waals surface area contributed by atoms with Crippen LogP contribution < -0.4 is 11.2 Å². The Morgan fingerprint density at radius 2 is 2.23 bits per heavy atom. The number of rotatable bonds is 2. The number of carboxylic acids is 1. The summed E-state index contributed by atoms with van der Waals surface area (Å²) >= 11 is 2.98. The second-order valence-corrected chi connectivity index (χ2v) is 3.31. The van der Waals surface area contributed by atoms with Crippen molar-refractivity contribution < 1.29 is 9.90 Å². The lowest BCUT2D eigenvalue weighted by Gasteiger charge is -2.04. The van der Waals surface area contributed by atoms with Crippen LogP contribution in [-0.2, 0) is 11.3 Å². The van der Waals surface area contributed by atoms with Crippen LogP contribution in [0.5, 0.6) is 0 Å². The molecule has 0 aliphatic heterocycles. The first-order chi connectivity index (χ1) is 6.00. The molecule has 0 saturated carbocycles. The SMILES string of the molecule is Nc1cn(CC(=O)O)cc(Br)c1=O. The summed E-state index contributed by atoms with van der Waals surface area (Å²) in [7, 11) is 0. The fourth-order valence-electron chi connectivity index (χ4n) is 0.864. The molecular weight excluding hydrogens is 240 g/mol. The van der Waals surface area contributed by atoms with Gasteiger partial charge in [0.05, 0.1) is 10.2 Å². The Kier molecular flexibility index (Phi) is 2.72. The zero-order valence-electron chi connectivity index (χ0n) is 6.53. The minimum atomic E-state index is -0.991. The molecule has 1 aromatic heterocycles. The van der Waals surface area contributed by atoms with Gasteiger partial charge in [-0.1, -0.05) is 0 Å². The standard InChI is InChI=1S/C7H7BrN2O3/c8-4-1-10(3-6(11)12)2-5(9)7(4)13/h1-2H,3,9H2,(H,11,12). The molecule has 70 valence electrons. The van der Waals surface area contributed by atoms with Crippen LogP contribution in [0.1, 0.15) is 0 Å². The number of carbonyl (C=O) groups is 1. The number of carboxylic acid groups (broad SMARTS) is 1. The van der Waals surface area contributed by atoms with Crippen molar-refractivity contribution in [2.24, 2.45) is 0 Å². The van der Waals surface area contributed by atoms with Crippen LogP contribution in [0.3, 0.4) is 0 Å². The number of anilines is 1. The van der Waals surface area contributed by atoms with Crippen LogP contribution in [0.15, 0.2) is 21.7 Å². The van der Waals surface area contributed by atoms with Crippen LogP contribution in [-0.4, -0.2) is 15.6 Å². The first kappa shape index (κ1) is 9.79. The van der Waals surface area contributed by atoms with Gasteiger partial charge in [0.2, 0.25) is 5.43 Å². The molecule has 0 radical (unpaired) electrons. The summed E-state index contributed by atoms with van der Waals surface area (Å²) in [4.78, 5) is 21.4. The molecule has 0 aromatic carbocycles. The zero-order chi connectivity index (χ0) is 10.0. The lowest BCUT2D eigenvalue weighted by Crippen LogP contribution is -2.16. The smallest absolute Gasteiger partial charge is 0.323 e. The van der Waals surface area contributed by atoms with Crippen LogP contribution >= 0.6 is 15.9 Å². The number of aromatic nitrogens is 1. The zero-order valence-corrected chi connectivity index (χ0v) is 8.11. The Balaban J connectivity index is 3.13. The molecule has 0 unspecified atom stereocenters. The predicted molar refractivity (Wildman–Crippen MR) is 50.5 cm³/mol. The maximum Gasteiger partial charge on any atom is 0.323 e. The fourth-order valence-corrected chi connectivity index (χ4v) is 1.36. The van der Waals surface area contributed by atoms with E-state index in [1.54, 1.807) is 0 Å². The van der Waals surface area contributed by atoms with Crippen molar-refractivity contribution >= 4 is 27.6 Å². The number of pyridine rings is 1. The van der Waals surface area contributed by atoms with E-state index in [1.165, 1.54) is 17.0 Å². The Labute approximate surface area is 81.9 Å². The molecule has 5 nitrogen and oxygen atoms in total. The highest BCUT2D eigenvalue weighted by atomic mass is 79.9. The van der Waals surface area contributed by atoms with E-state index in [0.29, 0.717) is 0 Å². The van der Waals surface area contributed by atoms with E-state index in [-0.39, 0.29) is 22.1 Å². The maximum absolute atomic E-state index is 11.1. The maximum atomic E-state index is 11.1. The molecule has 0 fully saturated rings. The quantitative estimate of drug-likeness (QED) is 0.785. The first-order valence-corrected chi connectivity index (χ1v) is 4.17. The molecule has 0 saturated heterocycles. The lowest BCUT2D eigenvalue weighted by molar-refractivity contribution is -0.137. The summed E-state index contributed by atoms with van der Waals surface area (Å²) in [5.41, 5.74) is 5.03. The molecule has 0 bridgehead atoms. The summed E-state index contributed by atoms with van der Waals surface area (Å²) < 4.78 is 1.58. The Morgan fingerprint density at radius 3 is 2.69 bits per heavy atom. The molecule has 0 spiro atoms. The number of aliphatic carboxylic acids is 1. The van der Waals surface area contributed by atoms with E-state index < -0.39 is 5.97 Å². The van der Waals surface area contributed by atoms with E-state index in [4.69, 9.17) is 10.8 Å². The average molecular weight is 247 g/mol. The van der Waals surface area contributed by atoms with Gasteiger partial charge in [0.25, 0.3) is 0 Å². The van der Waals surface area contributed by atoms with Gasteiger partial charge in [0.1, 0.15) is 6.54 Å². The summed E-state index contributed by atoms with van der Waals surface area (Å²) in [6.07, 6.45) is 2.67. The first-order valence-electron chi connectivity index (χ1n) is 3.37. The second kappa shape index (κ2) is 3.61. The van der Waals surface area contributed by atoms with Gasteiger partial charge in [0.15, 0.2) is 0 Å². The fraction of sp³-hybridized carbons (Fsp3) is 0.143. The second-order valence-electron chi connectivity index (χ2n) is 2.46. The molecule has 1 rings (SSSR count). The minimum Gasteiger partial charge on any atom is -0.480 e. The summed E-state index contributed by atoms with van der Waals surface area (Å²) in [6.45, 7) is -0.219. The molecular formula is C7H7BrN2O3. The third kappa shape index (κ3) is 2.32. The number of hydrogen-bond donors (Lipinski definition) is 2. The van der Waals surface area contributed by atoms with Crippen molar-refractivity contribution in [1.29, 1.82) is 0 Å². The topological polar surface area (TPSA) is 85.3 Å². The molecule has 1 heterocycles. The minimum absolute atomic E-state index is 0.0237. The van der Waals surface area contributed by atoms with E-state index in [0.717, 1.165) is 0 Å². The third-order valence-electron chi connectivity index (χ3n) is 1.38. The molecule has 1 aromatic rings. The lowest BCUT2D eigenvalue weighted by atomic mass is 10.4. The Bertz CT molecular complexity index is 373. The molecule has 0 atom stereocenters. The van der Waals surface area contributed by atoms with Gasteiger partial charge in [-0.05, 0) is 15.9 Å². The molecule has 3 N–H and O–H groups in total. The van der Waals surface area contributed by atoms with Crippen molar-refractivity contribution in [3.63, 3.8) is 0 Å². The third-order valence-corrected chi connectivity index (χ3v) is 1.95. The van der Waals surface area contributed by atoms with Gasteiger partial charge in [-0.2, -0.15) is 0 Å². The Hall–Kier alpha value is -1.30. The highest BCUT2D eigenvalue weighted by Crippen LogP contribution is 2.05. The largest absolute Gasteiger partial charge is 0.480 e. The molecule has 13 heavy (non-hydrogen) atoms. The number of halogens is 1. The van der Waals surface area contributed by atoms with Gasteiger partial charge < -0.3 is 15.4 Å². The Morgan fingerprint density at radius 1 is 1.62 bits per heavy atom. The van der Waals surface area contributed by atoms with Crippen molar-refractivity contribution in [2.45, 2.75) is 6.54 Å². The van der Waals surface area contributed by atoms with Crippen LogP contribution in [0.2, 0.25) is 0 Å². The van der Waals surface area contributed by atoms with Crippen molar-refractivity contribution in [2.75, 3.05) is 5.73 Å². The summed E-state index contributed by atoms with van der Waals surface area (Å²) in [6, 6.07) is 0. The van der Waals surface area contributed by atoms with Crippen LogP contribution in [0.25, 0.3) is 0 Å². The van der Waals surface area contributed by atoms with Gasteiger partial charge in [-0.3, -0.25) is 9.59 Å². The van der Waals surface area contributed by atoms with Crippen molar-refractivity contribution in [3.05, 3.63) is 27.1 Å². The number of nitrogens with two attached hydrogens (primary N) is 1. The van der Waals surface area contributed by atoms with Gasteiger partial charge in [0, 0.05) is 12.4 Å². The highest BCUT2D eigenvalue weighted by Gasteiger charge is 2.04. The van der Waals surface area contributed by atoms with Gasteiger partial charge >= 0.3 is 5.97 Å². The van der Waals surface area contributed by atoms with E-state index in [9.17, 15) is 9.59 Å². The summed E-state index contributed by atoms with van der Waals surface area (Å²) in [5.74, 6) is -0.991. The summed E-state index contributed by atoms with van der Waals surface area (Å²) in [5, 5.41) is 8.46. The molecule has 0 aliphatic rings. The highest BCUT2D eigenvalue weighted by molar-refractivity contribution is 9.10. The van der Waals surface area contributed by atoms with Crippen LogP contribution in [0, 0.1) is 0 Å². The van der Waals surface area contributed by atoms with Crippen molar-refractivity contribution in [1.82, 2.24) is 4.57 Å². The predicted octanol–water partition coefficient (Wildman–Crippen LogP) is 0.278. The number of nitrogens with zero attached hydrogens (tertiary/aromatic N) is 1. The van der Waals surface area contributed by atoms with E-state index in [1.807, 2.05) is 0 Å². The van der Waals surface area contributed by atoms with Crippen molar-refractivity contribution in [3.8, 4) is 0 Å². The average Bonchev–Trinajstić information content (AvgIpc) is 1.98. The number of hydrogen-bond acceptors (Lipinski definition) is 3. The van der Waals surface area contributed by atoms with E-state index in [2.05, 4.69) is 15.9 Å².